The summed E-state index contributed by atoms with van der Waals surface area (Å²) in [6.07, 6.45) is 3.82. The maximum absolute atomic E-state index is 5.98. The first kappa shape index (κ1) is 15.0. The van der Waals surface area contributed by atoms with Crippen LogP contribution in [0.25, 0.3) is 0 Å². The zero-order valence-electron chi connectivity index (χ0n) is 12.1. The van der Waals surface area contributed by atoms with Gasteiger partial charge in [0.2, 0.25) is 0 Å². The SMILES string of the molecule is CCCNC(CCc1ccsc1)C1CN(C)CCO1. The molecule has 1 aromatic heterocycles. The summed E-state index contributed by atoms with van der Waals surface area (Å²) in [5.74, 6) is 0. The molecule has 2 heterocycles. The van der Waals surface area contributed by atoms with Crippen molar-refractivity contribution in [2.24, 2.45) is 0 Å². The van der Waals surface area contributed by atoms with Crippen LogP contribution in [0.1, 0.15) is 25.3 Å². The molecule has 2 rings (SSSR count). The number of hydrogen-bond donors (Lipinski definition) is 1. The van der Waals surface area contributed by atoms with Gasteiger partial charge in [0.05, 0.1) is 12.7 Å². The van der Waals surface area contributed by atoms with E-state index in [1.807, 2.05) is 0 Å². The highest BCUT2D eigenvalue weighted by atomic mass is 32.1. The highest BCUT2D eigenvalue weighted by Gasteiger charge is 2.26. The number of aryl methyl sites for hydroxylation is 1. The van der Waals surface area contributed by atoms with Crippen LogP contribution in [0.2, 0.25) is 0 Å². The molecule has 2 atom stereocenters. The van der Waals surface area contributed by atoms with E-state index >= 15 is 0 Å². The first-order valence-corrected chi connectivity index (χ1v) is 8.28. The second-order valence-electron chi connectivity index (χ2n) is 5.40. The number of nitrogens with zero attached hydrogens (tertiary/aromatic N) is 1. The topological polar surface area (TPSA) is 24.5 Å². The zero-order valence-corrected chi connectivity index (χ0v) is 12.9. The average Bonchev–Trinajstić information content (AvgIpc) is 2.92. The van der Waals surface area contributed by atoms with Crippen molar-refractivity contribution >= 4 is 11.3 Å². The maximum atomic E-state index is 5.98. The van der Waals surface area contributed by atoms with E-state index < -0.39 is 0 Å². The molecule has 0 radical (unpaired) electrons. The lowest BCUT2D eigenvalue weighted by Crippen LogP contribution is -2.51. The lowest BCUT2D eigenvalue weighted by Gasteiger charge is -2.35. The van der Waals surface area contributed by atoms with Gasteiger partial charge < -0.3 is 15.0 Å². The molecule has 1 aliphatic heterocycles. The molecule has 2 unspecified atom stereocenters. The average molecular weight is 282 g/mol. The lowest BCUT2D eigenvalue weighted by molar-refractivity contribution is -0.0397. The third-order valence-corrected chi connectivity index (χ3v) is 4.46. The second-order valence-corrected chi connectivity index (χ2v) is 6.18. The predicted molar refractivity (Wildman–Crippen MR) is 82.0 cm³/mol. The van der Waals surface area contributed by atoms with E-state index in [1.165, 1.54) is 12.0 Å². The van der Waals surface area contributed by atoms with Gasteiger partial charge in [-0.2, -0.15) is 11.3 Å². The van der Waals surface area contributed by atoms with E-state index in [9.17, 15) is 0 Å². The third-order valence-electron chi connectivity index (χ3n) is 3.73. The van der Waals surface area contributed by atoms with Crippen LogP contribution in [0.5, 0.6) is 0 Å². The predicted octanol–water partition coefficient (Wildman–Crippen LogP) is 2.38. The minimum absolute atomic E-state index is 0.337. The van der Waals surface area contributed by atoms with Crippen molar-refractivity contribution in [2.45, 2.75) is 38.3 Å². The van der Waals surface area contributed by atoms with Crippen molar-refractivity contribution in [3.63, 3.8) is 0 Å². The van der Waals surface area contributed by atoms with Crippen LogP contribution in [0.3, 0.4) is 0 Å². The molecule has 108 valence electrons. The zero-order chi connectivity index (χ0) is 13.5. The minimum atomic E-state index is 0.337. The van der Waals surface area contributed by atoms with Gasteiger partial charge in [-0.25, -0.2) is 0 Å². The van der Waals surface area contributed by atoms with Crippen LogP contribution in [-0.4, -0.2) is 50.3 Å². The summed E-state index contributed by atoms with van der Waals surface area (Å²) in [7, 11) is 2.19. The molecule has 1 fully saturated rings. The van der Waals surface area contributed by atoms with E-state index in [4.69, 9.17) is 4.74 Å². The molecule has 0 spiro atoms. The molecular formula is C15H26N2OS. The first-order valence-electron chi connectivity index (χ1n) is 7.34. The summed E-state index contributed by atoms with van der Waals surface area (Å²) in [6.45, 7) is 6.27. The van der Waals surface area contributed by atoms with E-state index in [2.05, 4.69) is 41.0 Å². The number of rotatable bonds is 7. The molecule has 0 saturated carbocycles. The highest BCUT2D eigenvalue weighted by molar-refractivity contribution is 7.07. The van der Waals surface area contributed by atoms with Gasteiger partial charge in [-0.1, -0.05) is 6.92 Å². The summed E-state index contributed by atoms with van der Waals surface area (Å²) in [6, 6.07) is 2.71. The fraction of sp³-hybridized carbons (Fsp3) is 0.733. The van der Waals surface area contributed by atoms with Gasteiger partial charge >= 0.3 is 0 Å². The summed E-state index contributed by atoms with van der Waals surface area (Å²) < 4.78 is 5.98. The molecule has 1 N–H and O–H groups in total. The van der Waals surface area contributed by atoms with Crippen molar-refractivity contribution in [1.29, 1.82) is 0 Å². The van der Waals surface area contributed by atoms with Gasteiger partial charge in [0.25, 0.3) is 0 Å². The minimum Gasteiger partial charge on any atom is -0.374 e. The Kier molecular flexibility index (Phi) is 6.31. The molecule has 1 aromatic rings. The molecule has 0 aromatic carbocycles. The Morgan fingerprint density at radius 2 is 2.47 bits per heavy atom. The van der Waals surface area contributed by atoms with Gasteiger partial charge in [-0.3, -0.25) is 0 Å². The normalized spacial score (nSPS) is 22.5. The summed E-state index contributed by atoms with van der Waals surface area (Å²) in [5.41, 5.74) is 1.46. The molecule has 3 nitrogen and oxygen atoms in total. The Hall–Kier alpha value is -0.420. The van der Waals surface area contributed by atoms with Crippen molar-refractivity contribution in [2.75, 3.05) is 33.3 Å². The number of thiophene rings is 1. The number of likely N-dealkylation sites (N-methyl/N-ethyl adjacent to an activating group) is 1. The van der Waals surface area contributed by atoms with Crippen molar-refractivity contribution in [3.8, 4) is 0 Å². The monoisotopic (exact) mass is 282 g/mol. The van der Waals surface area contributed by atoms with Crippen LogP contribution in [0, 0.1) is 0 Å². The van der Waals surface area contributed by atoms with Gasteiger partial charge in [0.15, 0.2) is 0 Å². The highest BCUT2D eigenvalue weighted by Crippen LogP contribution is 2.15. The first-order chi connectivity index (χ1) is 9.29. The van der Waals surface area contributed by atoms with E-state index in [0.29, 0.717) is 12.1 Å². The molecule has 0 bridgehead atoms. The summed E-state index contributed by atoms with van der Waals surface area (Å²) in [5, 5.41) is 8.09. The number of morpholine rings is 1. The summed E-state index contributed by atoms with van der Waals surface area (Å²) in [4.78, 5) is 2.37. The quantitative estimate of drug-likeness (QED) is 0.831. The van der Waals surface area contributed by atoms with E-state index in [1.54, 1.807) is 11.3 Å². The van der Waals surface area contributed by atoms with Crippen LogP contribution in [-0.2, 0) is 11.2 Å². The molecule has 4 heteroatoms. The molecule has 1 aliphatic rings. The van der Waals surface area contributed by atoms with E-state index in [0.717, 1.165) is 39.1 Å². The van der Waals surface area contributed by atoms with Crippen molar-refractivity contribution in [3.05, 3.63) is 22.4 Å². The standard InChI is InChI=1S/C15H26N2OS/c1-3-7-16-14(5-4-13-6-10-19-12-13)15-11-17(2)8-9-18-15/h6,10,12,14-16H,3-5,7-9,11H2,1-2H3. The molecular weight excluding hydrogens is 256 g/mol. The van der Waals surface area contributed by atoms with Crippen LogP contribution in [0.4, 0.5) is 0 Å². The molecule has 0 amide bonds. The Morgan fingerprint density at radius 1 is 1.58 bits per heavy atom. The lowest BCUT2D eigenvalue weighted by atomic mass is 10.0. The Labute approximate surface area is 121 Å². The number of ether oxygens (including phenoxy) is 1. The maximum Gasteiger partial charge on any atom is 0.0855 e. The van der Waals surface area contributed by atoms with Gasteiger partial charge in [0, 0.05) is 19.1 Å². The van der Waals surface area contributed by atoms with Crippen molar-refractivity contribution < 1.29 is 4.74 Å². The Bertz CT molecular complexity index is 342. The summed E-state index contributed by atoms with van der Waals surface area (Å²) >= 11 is 1.79. The van der Waals surface area contributed by atoms with Crippen molar-refractivity contribution in [1.82, 2.24) is 10.2 Å². The van der Waals surface area contributed by atoms with Gasteiger partial charge in [-0.05, 0) is 55.2 Å². The van der Waals surface area contributed by atoms with Crippen LogP contribution in [0.15, 0.2) is 16.8 Å². The third kappa shape index (κ3) is 4.88. The Balaban J connectivity index is 1.86. The fourth-order valence-electron chi connectivity index (χ4n) is 2.56. The smallest absolute Gasteiger partial charge is 0.0855 e. The molecule has 0 aliphatic carbocycles. The van der Waals surface area contributed by atoms with Crippen LogP contribution < -0.4 is 5.32 Å². The van der Waals surface area contributed by atoms with Gasteiger partial charge in [0.1, 0.15) is 0 Å². The number of nitrogens with one attached hydrogen (secondary N) is 1. The van der Waals surface area contributed by atoms with Crippen LogP contribution >= 0.6 is 11.3 Å². The second kappa shape index (κ2) is 8.00. The largest absolute Gasteiger partial charge is 0.374 e. The van der Waals surface area contributed by atoms with E-state index in [-0.39, 0.29) is 0 Å². The molecule has 1 saturated heterocycles. The fourth-order valence-corrected chi connectivity index (χ4v) is 3.26. The Morgan fingerprint density at radius 3 is 3.16 bits per heavy atom. The molecule has 19 heavy (non-hydrogen) atoms. The number of hydrogen-bond acceptors (Lipinski definition) is 4. The van der Waals surface area contributed by atoms with Gasteiger partial charge in [-0.15, -0.1) is 0 Å².